The van der Waals surface area contributed by atoms with Crippen LogP contribution in [0.5, 0.6) is 0 Å². The molecule has 0 aromatic heterocycles. The van der Waals surface area contributed by atoms with Crippen molar-refractivity contribution in [3.63, 3.8) is 0 Å². The van der Waals surface area contributed by atoms with E-state index in [1.165, 1.54) is 8.61 Å². The molecule has 0 fully saturated rings. The van der Waals surface area contributed by atoms with E-state index in [-0.39, 0.29) is 24.8 Å². The van der Waals surface area contributed by atoms with E-state index in [9.17, 15) is 9.59 Å². The van der Waals surface area contributed by atoms with Crippen LogP contribution in [-0.2, 0) is 9.59 Å². The largest absolute Gasteiger partial charge is 0.475 e. The van der Waals surface area contributed by atoms with Crippen LogP contribution >= 0.6 is 37.4 Å². The minimum Gasteiger partial charge on any atom is -0.475 e. The van der Waals surface area contributed by atoms with Gasteiger partial charge in [-0.3, -0.25) is 8.61 Å². The minimum absolute atomic E-state index is 0.155. The van der Waals surface area contributed by atoms with E-state index in [1.54, 1.807) is 0 Å². The standard InChI is InChI=1S/C8H10N4O4S3/c13-7(14)5-9-3(17)1-11(5)19-12-2-4(18)10-6(12)8(15)16/h3-4,17-18H,1-2H2,(H,13,14)(H,15,16). The van der Waals surface area contributed by atoms with Crippen LogP contribution < -0.4 is 0 Å². The summed E-state index contributed by atoms with van der Waals surface area (Å²) in [4.78, 5) is 29.7. The summed E-state index contributed by atoms with van der Waals surface area (Å²) in [5.41, 5.74) is 0. The lowest BCUT2D eigenvalue weighted by molar-refractivity contribution is -0.130. The van der Waals surface area contributed by atoms with Gasteiger partial charge in [-0.05, 0) is 0 Å². The molecular formula is C8H10N4O4S3. The molecule has 2 atom stereocenters. The van der Waals surface area contributed by atoms with Crippen molar-refractivity contribution in [1.82, 2.24) is 8.61 Å². The quantitative estimate of drug-likeness (QED) is 0.414. The topological polar surface area (TPSA) is 106 Å². The molecule has 0 saturated carbocycles. The van der Waals surface area contributed by atoms with Crippen LogP contribution in [0.1, 0.15) is 0 Å². The van der Waals surface area contributed by atoms with Gasteiger partial charge in [0, 0.05) is 0 Å². The lowest BCUT2D eigenvalue weighted by atomic mass is 10.6. The number of aliphatic imine (C=N–C) groups is 2. The first-order valence-corrected chi connectivity index (χ1v) is 6.86. The van der Waals surface area contributed by atoms with Gasteiger partial charge < -0.3 is 10.2 Å². The monoisotopic (exact) mass is 322 g/mol. The third kappa shape index (κ3) is 3.09. The fraction of sp³-hybridized carbons (Fsp3) is 0.500. The molecule has 2 heterocycles. The molecule has 2 aliphatic rings. The summed E-state index contributed by atoms with van der Waals surface area (Å²) in [5.74, 6) is -2.67. The zero-order valence-electron chi connectivity index (χ0n) is 9.37. The Kier molecular flexibility index (Phi) is 4.16. The predicted octanol–water partition coefficient (Wildman–Crippen LogP) is -0.341. The molecule has 19 heavy (non-hydrogen) atoms. The van der Waals surface area contributed by atoms with Crippen LogP contribution in [0, 0.1) is 0 Å². The summed E-state index contributed by atoms with van der Waals surface area (Å²) in [6.45, 7) is 0.548. The van der Waals surface area contributed by atoms with E-state index in [4.69, 9.17) is 10.2 Å². The predicted molar refractivity (Wildman–Crippen MR) is 76.7 cm³/mol. The van der Waals surface area contributed by atoms with E-state index >= 15 is 0 Å². The van der Waals surface area contributed by atoms with E-state index in [1.807, 2.05) is 0 Å². The summed E-state index contributed by atoms with van der Waals surface area (Å²) in [5, 5.41) is 17.1. The van der Waals surface area contributed by atoms with Crippen molar-refractivity contribution >= 4 is 61.0 Å². The number of amidine groups is 2. The number of carboxylic acid groups (broad SMARTS) is 2. The molecule has 2 aliphatic heterocycles. The van der Waals surface area contributed by atoms with Crippen molar-refractivity contribution in [1.29, 1.82) is 0 Å². The molecule has 2 rings (SSSR count). The first-order valence-electron chi connectivity index (χ1n) is 5.10. The van der Waals surface area contributed by atoms with Crippen LogP contribution in [0.25, 0.3) is 0 Å². The Bertz CT molecular complexity index is 441. The molecule has 8 nitrogen and oxygen atoms in total. The highest BCUT2D eigenvalue weighted by Crippen LogP contribution is 2.28. The van der Waals surface area contributed by atoms with Gasteiger partial charge in [0.25, 0.3) is 0 Å². The van der Waals surface area contributed by atoms with Gasteiger partial charge in [0.1, 0.15) is 10.7 Å². The zero-order chi connectivity index (χ0) is 14.2. The van der Waals surface area contributed by atoms with Gasteiger partial charge >= 0.3 is 11.9 Å². The molecule has 0 spiro atoms. The van der Waals surface area contributed by atoms with Gasteiger partial charge in [0.05, 0.1) is 25.2 Å². The number of hydrogen-bond acceptors (Lipinski definition) is 9. The van der Waals surface area contributed by atoms with Crippen molar-refractivity contribution in [2.24, 2.45) is 9.98 Å². The Morgan fingerprint density at radius 1 is 1.05 bits per heavy atom. The first-order chi connectivity index (χ1) is 8.88. The number of hydrogen-bond donors (Lipinski definition) is 4. The van der Waals surface area contributed by atoms with E-state index in [0.717, 1.165) is 12.1 Å². The van der Waals surface area contributed by atoms with Crippen molar-refractivity contribution in [3.05, 3.63) is 0 Å². The van der Waals surface area contributed by atoms with Crippen LogP contribution in [0.15, 0.2) is 9.98 Å². The van der Waals surface area contributed by atoms with Crippen LogP contribution in [-0.4, -0.2) is 66.3 Å². The van der Waals surface area contributed by atoms with E-state index in [0.29, 0.717) is 0 Å². The van der Waals surface area contributed by atoms with Crippen LogP contribution in [0.2, 0.25) is 0 Å². The lowest BCUT2D eigenvalue weighted by Crippen LogP contribution is -2.36. The van der Waals surface area contributed by atoms with Crippen LogP contribution in [0.4, 0.5) is 0 Å². The maximum absolute atomic E-state index is 11.0. The fourth-order valence-corrected chi connectivity index (χ4v) is 3.37. The van der Waals surface area contributed by atoms with Crippen LogP contribution in [0.3, 0.4) is 0 Å². The van der Waals surface area contributed by atoms with Gasteiger partial charge in [0.15, 0.2) is 0 Å². The molecule has 0 saturated heterocycles. The maximum Gasteiger partial charge on any atom is 0.372 e. The zero-order valence-corrected chi connectivity index (χ0v) is 12.0. The SMILES string of the molecule is O=C(O)C1=NC(S)CN1SN1CC(S)N=C1C(=O)O. The van der Waals surface area contributed by atoms with Crippen molar-refractivity contribution < 1.29 is 19.8 Å². The second kappa shape index (κ2) is 5.51. The molecule has 104 valence electrons. The van der Waals surface area contributed by atoms with Gasteiger partial charge in [-0.25, -0.2) is 19.6 Å². The summed E-state index contributed by atoms with van der Waals surface area (Å²) in [6.07, 6.45) is 0. The van der Waals surface area contributed by atoms with E-state index in [2.05, 4.69) is 35.2 Å². The first kappa shape index (κ1) is 14.3. The molecular weight excluding hydrogens is 312 g/mol. The molecule has 0 bridgehead atoms. The molecule has 2 N–H and O–H groups in total. The average Bonchev–Trinajstić information content (AvgIpc) is 2.82. The maximum atomic E-state index is 11.0. The minimum atomic E-state index is -1.18. The fourth-order valence-electron chi connectivity index (χ4n) is 1.55. The highest BCUT2D eigenvalue weighted by atomic mass is 32.2. The Morgan fingerprint density at radius 3 is 1.74 bits per heavy atom. The Balaban J connectivity index is 2.10. The van der Waals surface area contributed by atoms with Gasteiger partial charge in [-0.15, -0.1) is 0 Å². The highest BCUT2D eigenvalue weighted by Gasteiger charge is 2.35. The van der Waals surface area contributed by atoms with Gasteiger partial charge in [-0.1, -0.05) is 0 Å². The molecule has 0 radical (unpaired) electrons. The second-order valence-electron chi connectivity index (χ2n) is 3.68. The molecule has 0 aliphatic carbocycles. The summed E-state index contributed by atoms with van der Waals surface area (Å²) < 4.78 is 2.76. The molecule has 0 amide bonds. The summed E-state index contributed by atoms with van der Waals surface area (Å²) in [7, 11) is 0. The summed E-state index contributed by atoms with van der Waals surface area (Å²) >= 11 is 9.13. The third-order valence-electron chi connectivity index (χ3n) is 2.25. The van der Waals surface area contributed by atoms with Crippen molar-refractivity contribution in [3.8, 4) is 0 Å². The molecule has 2 unspecified atom stereocenters. The van der Waals surface area contributed by atoms with Crippen molar-refractivity contribution in [2.45, 2.75) is 10.7 Å². The number of carbonyl (C=O) groups is 2. The number of nitrogens with zero attached hydrogens (tertiary/aromatic N) is 4. The Morgan fingerprint density at radius 2 is 1.42 bits per heavy atom. The Hall–Kier alpha value is -1.07. The second-order valence-corrected chi connectivity index (χ2v) is 5.92. The van der Waals surface area contributed by atoms with Gasteiger partial charge in [-0.2, -0.15) is 25.3 Å². The molecule has 0 aromatic rings. The lowest BCUT2D eigenvalue weighted by Gasteiger charge is -2.23. The number of carboxylic acids is 2. The smallest absolute Gasteiger partial charge is 0.372 e. The number of thiol groups is 2. The van der Waals surface area contributed by atoms with E-state index < -0.39 is 22.7 Å². The van der Waals surface area contributed by atoms with Crippen molar-refractivity contribution in [2.75, 3.05) is 13.1 Å². The van der Waals surface area contributed by atoms with Gasteiger partial charge in [0.2, 0.25) is 11.7 Å². The number of aliphatic carboxylic acids is 2. The molecule has 0 aromatic carbocycles. The number of rotatable bonds is 4. The average molecular weight is 322 g/mol. The summed E-state index contributed by atoms with van der Waals surface area (Å²) in [6, 6.07) is 0. The normalized spacial score (nSPS) is 26.4. The Labute approximate surface area is 123 Å². The third-order valence-corrected chi connectivity index (χ3v) is 3.85. The molecule has 11 heteroatoms. The highest BCUT2D eigenvalue weighted by molar-refractivity contribution is 7.96.